The normalized spacial score (nSPS) is 22.7. The fraction of sp³-hybridized carbons (Fsp3) is 1.00. The average molecular weight is 229 g/mol. The number of hydrogen-bond acceptors (Lipinski definition) is 3. The number of ether oxygens (including phenoxy) is 1. The lowest BCUT2D eigenvalue weighted by molar-refractivity contribution is -0.00813. The Morgan fingerprint density at radius 1 is 1.25 bits per heavy atom. The third-order valence-electron chi connectivity index (χ3n) is 3.51. The first-order chi connectivity index (χ1) is 7.43. The molecule has 0 saturated carbocycles. The first-order valence-corrected chi connectivity index (χ1v) is 6.43. The van der Waals surface area contributed by atoms with E-state index in [1.54, 1.807) is 0 Å². The van der Waals surface area contributed by atoms with Crippen molar-refractivity contribution in [3.8, 4) is 0 Å². The standard InChI is InChI=1S/C13H27NO2/c1-11(2)14(9-12(3)15)10-13(4)5-7-16-8-6-13/h11-12,15H,5-10H2,1-4H3. The number of aliphatic hydroxyl groups is 1. The summed E-state index contributed by atoms with van der Waals surface area (Å²) < 4.78 is 5.42. The van der Waals surface area contributed by atoms with Crippen molar-refractivity contribution in [3.05, 3.63) is 0 Å². The van der Waals surface area contributed by atoms with Gasteiger partial charge in [0.1, 0.15) is 0 Å². The van der Waals surface area contributed by atoms with Crippen LogP contribution in [0.15, 0.2) is 0 Å². The molecule has 0 aromatic heterocycles. The van der Waals surface area contributed by atoms with Gasteiger partial charge in [0.05, 0.1) is 6.10 Å². The lowest BCUT2D eigenvalue weighted by Gasteiger charge is -2.40. The second-order valence-corrected chi connectivity index (χ2v) is 5.80. The molecule has 1 rings (SSSR count). The van der Waals surface area contributed by atoms with Crippen molar-refractivity contribution in [2.24, 2.45) is 5.41 Å². The summed E-state index contributed by atoms with van der Waals surface area (Å²) in [7, 11) is 0. The zero-order chi connectivity index (χ0) is 12.2. The molecular weight excluding hydrogens is 202 g/mol. The minimum atomic E-state index is -0.245. The molecule has 0 amide bonds. The molecule has 96 valence electrons. The molecule has 1 saturated heterocycles. The van der Waals surface area contributed by atoms with E-state index in [0.717, 1.165) is 39.1 Å². The highest BCUT2D eigenvalue weighted by Crippen LogP contribution is 2.31. The molecule has 1 aliphatic heterocycles. The van der Waals surface area contributed by atoms with Gasteiger partial charge in [-0.3, -0.25) is 4.90 Å². The van der Waals surface area contributed by atoms with Crippen LogP contribution < -0.4 is 0 Å². The minimum absolute atomic E-state index is 0.245. The molecule has 0 radical (unpaired) electrons. The smallest absolute Gasteiger partial charge is 0.0639 e. The number of hydrogen-bond donors (Lipinski definition) is 1. The van der Waals surface area contributed by atoms with E-state index in [2.05, 4.69) is 25.7 Å². The Bertz CT molecular complexity index is 198. The Morgan fingerprint density at radius 3 is 2.25 bits per heavy atom. The van der Waals surface area contributed by atoms with Gasteiger partial charge in [-0.1, -0.05) is 6.92 Å². The Balaban J connectivity index is 2.52. The predicted octanol–water partition coefficient (Wildman–Crippen LogP) is 1.89. The molecule has 1 fully saturated rings. The SMILES string of the molecule is CC(O)CN(CC1(C)CCOCC1)C(C)C. The second kappa shape index (κ2) is 5.99. The molecule has 0 spiro atoms. The third kappa shape index (κ3) is 4.40. The van der Waals surface area contributed by atoms with Gasteiger partial charge in [-0.15, -0.1) is 0 Å². The van der Waals surface area contributed by atoms with E-state index < -0.39 is 0 Å². The average Bonchev–Trinajstić information content (AvgIpc) is 2.16. The van der Waals surface area contributed by atoms with Crippen LogP contribution in [0.2, 0.25) is 0 Å². The monoisotopic (exact) mass is 229 g/mol. The Labute approximate surface area is 99.8 Å². The first kappa shape index (κ1) is 13.9. The van der Waals surface area contributed by atoms with E-state index in [9.17, 15) is 5.11 Å². The van der Waals surface area contributed by atoms with Crippen LogP contribution >= 0.6 is 0 Å². The maximum absolute atomic E-state index is 9.52. The molecule has 3 nitrogen and oxygen atoms in total. The lowest BCUT2D eigenvalue weighted by Crippen LogP contribution is -2.45. The number of aliphatic hydroxyl groups excluding tert-OH is 1. The van der Waals surface area contributed by atoms with Crippen LogP contribution in [-0.2, 0) is 4.74 Å². The van der Waals surface area contributed by atoms with Crippen LogP contribution in [-0.4, -0.2) is 48.5 Å². The fourth-order valence-corrected chi connectivity index (χ4v) is 2.31. The minimum Gasteiger partial charge on any atom is -0.392 e. The molecule has 0 aliphatic carbocycles. The summed E-state index contributed by atoms with van der Waals surface area (Å²) in [5.41, 5.74) is 0.359. The molecule has 1 atom stereocenters. The molecule has 0 aromatic carbocycles. The summed E-state index contributed by atoms with van der Waals surface area (Å²) >= 11 is 0. The predicted molar refractivity (Wildman–Crippen MR) is 66.5 cm³/mol. The summed E-state index contributed by atoms with van der Waals surface area (Å²) in [5.74, 6) is 0. The van der Waals surface area contributed by atoms with Gasteiger partial charge in [0.2, 0.25) is 0 Å². The van der Waals surface area contributed by atoms with Gasteiger partial charge >= 0.3 is 0 Å². The van der Waals surface area contributed by atoms with Crippen molar-refractivity contribution >= 4 is 0 Å². The highest BCUT2D eigenvalue weighted by Gasteiger charge is 2.30. The van der Waals surface area contributed by atoms with Crippen LogP contribution in [0.25, 0.3) is 0 Å². The molecule has 1 aliphatic rings. The van der Waals surface area contributed by atoms with E-state index in [0.29, 0.717) is 11.5 Å². The topological polar surface area (TPSA) is 32.7 Å². The quantitative estimate of drug-likeness (QED) is 0.781. The van der Waals surface area contributed by atoms with Gasteiger partial charge in [0, 0.05) is 32.3 Å². The molecule has 1 unspecified atom stereocenters. The van der Waals surface area contributed by atoms with Gasteiger partial charge in [-0.05, 0) is 39.0 Å². The summed E-state index contributed by atoms with van der Waals surface area (Å²) in [5, 5.41) is 9.52. The lowest BCUT2D eigenvalue weighted by atomic mass is 9.81. The Morgan fingerprint density at radius 2 is 1.81 bits per heavy atom. The molecule has 1 heterocycles. The highest BCUT2D eigenvalue weighted by molar-refractivity contribution is 4.82. The van der Waals surface area contributed by atoms with Crippen LogP contribution in [0.1, 0.15) is 40.5 Å². The van der Waals surface area contributed by atoms with Crippen molar-refractivity contribution in [3.63, 3.8) is 0 Å². The Hall–Kier alpha value is -0.120. The van der Waals surface area contributed by atoms with Gasteiger partial charge in [-0.25, -0.2) is 0 Å². The summed E-state index contributed by atoms with van der Waals surface area (Å²) in [6.07, 6.45) is 2.03. The van der Waals surface area contributed by atoms with Crippen LogP contribution in [0.3, 0.4) is 0 Å². The fourth-order valence-electron chi connectivity index (χ4n) is 2.31. The van der Waals surface area contributed by atoms with Crippen molar-refractivity contribution in [1.82, 2.24) is 4.90 Å². The summed E-state index contributed by atoms with van der Waals surface area (Å²) in [4.78, 5) is 2.38. The van der Waals surface area contributed by atoms with Gasteiger partial charge < -0.3 is 9.84 Å². The van der Waals surface area contributed by atoms with Crippen molar-refractivity contribution < 1.29 is 9.84 Å². The van der Waals surface area contributed by atoms with Crippen molar-refractivity contribution in [2.75, 3.05) is 26.3 Å². The van der Waals surface area contributed by atoms with E-state index in [4.69, 9.17) is 4.74 Å². The largest absolute Gasteiger partial charge is 0.392 e. The maximum atomic E-state index is 9.52. The molecule has 3 heteroatoms. The van der Waals surface area contributed by atoms with Gasteiger partial charge in [0.25, 0.3) is 0 Å². The molecule has 0 aromatic rings. The zero-order valence-electron chi connectivity index (χ0n) is 11.2. The van der Waals surface area contributed by atoms with Gasteiger partial charge in [-0.2, -0.15) is 0 Å². The highest BCUT2D eigenvalue weighted by atomic mass is 16.5. The van der Waals surface area contributed by atoms with E-state index >= 15 is 0 Å². The molecule has 1 N–H and O–H groups in total. The zero-order valence-corrected chi connectivity index (χ0v) is 11.2. The number of nitrogens with zero attached hydrogens (tertiary/aromatic N) is 1. The van der Waals surface area contributed by atoms with Gasteiger partial charge in [0.15, 0.2) is 0 Å². The van der Waals surface area contributed by atoms with Crippen molar-refractivity contribution in [1.29, 1.82) is 0 Å². The van der Waals surface area contributed by atoms with E-state index in [-0.39, 0.29) is 6.10 Å². The Kier molecular flexibility index (Phi) is 5.22. The van der Waals surface area contributed by atoms with Crippen LogP contribution in [0.5, 0.6) is 0 Å². The van der Waals surface area contributed by atoms with E-state index in [1.807, 2.05) is 6.92 Å². The van der Waals surface area contributed by atoms with Crippen molar-refractivity contribution in [2.45, 2.75) is 52.7 Å². The summed E-state index contributed by atoms with van der Waals surface area (Å²) in [6, 6.07) is 0.495. The van der Waals surface area contributed by atoms with Crippen LogP contribution in [0, 0.1) is 5.41 Å². The number of rotatable bonds is 5. The first-order valence-electron chi connectivity index (χ1n) is 6.43. The van der Waals surface area contributed by atoms with Crippen LogP contribution in [0.4, 0.5) is 0 Å². The molecule has 0 bridgehead atoms. The molecule has 16 heavy (non-hydrogen) atoms. The van der Waals surface area contributed by atoms with E-state index in [1.165, 1.54) is 0 Å². The summed E-state index contributed by atoms with van der Waals surface area (Å²) in [6.45, 7) is 12.2. The molecular formula is C13H27NO2. The second-order valence-electron chi connectivity index (χ2n) is 5.80. The third-order valence-corrected chi connectivity index (χ3v) is 3.51. The maximum Gasteiger partial charge on any atom is 0.0639 e.